The van der Waals surface area contributed by atoms with Gasteiger partial charge in [-0.1, -0.05) is 324 Å². The Labute approximate surface area is 818 Å². The molecular formula is C124H164N8O2S. The first-order valence-corrected chi connectivity index (χ1v) is 53.1. The van der Waals surface area contributed by atoms with E-state index < -0.39 is 0 Å². The van der Waals surface area contributed by atoms with Gasteiger partial charge in [0.1, 0.15) is 0 Å². The van der Waals surface area contributed by atoms with E-state index in [1.807, 2.05) is 72.0 Å². The first-order valence-electron chi connectivity index (χ1n) is 52.3. The summed E-state index contributed by atoms with van der Waals surface area (Å²) in [5.74, 6) is 7.48. The number of likely N-dealkylation sites (tertiary alicyclic amines) is 1. The second-order valence-corrected chi connectivity index (χ2v) is 39.7. The maximum Gasteiger partial charge on any atom is 0.222 e. The molecule has 718 valence electrons. The number of nitrogens with zero attached hydrogens (tertiary/aromatic N) is 8. The van der Waals surface area contributed by atoms with E-state index in [9.17, 15) is 4.79 Å². The lowest BCUT2D eigenvalue weighted by Crippen LogP contribution is -2.33. The lowest BCUT2D eigenvalue weighted by molar-refractivity contribution is -0.129. The molecule has 10 nitrogen and oxygen atoms in total. The minimum atomic E-state index is 0.342. The van der Waals surface area contributed by atoms with Crippen molar-refractivity contribution in [1.29, 1.82) is 0 Å². The molecule has 1 amide bonds. The Kier molecular flexibility index (Phi) is 41.8. The van der Waals surface area contributed by atoms with Gasteiger partial charge in [-0.3, -0.25) is 9.78 Å². The summed E-state index contributed by atoms with van der Waals surface area (Å²) >= 11 is 1.87. The summed E-state index contributed by atoms with van der Waals surface area (Å²) in [6, 6.07) is 87.6. The van der Waals surface area contributed by atoms with Crippen LogP contribution in [0.4, 0.5) is 28.4 Å². The molecule has 14 aromatic rings. The molecule has 1 saturated carbocycles. The average Bonchev–Trinajstić information content (AvgIpc) is 1.43. The summed E-state index contributed by atoms with van der Waals surface area (Å²) in [6.07, 6.45) is 40.6. The number of hydrogen-bond donors (Lipinski definition) is 0. The number of fused-ring (bicyclic) bond motifs is 8. The summed E-state index contributed by atoms with van der Waals surface area (Å²) in [5.41, 5.74) is 13.5. The van der Waals surface area contributed by atoms with Crippen LogP contribution in [0.15, 0.2) is 290 Å². The Hall–Kier alpha value is -10.6. The van der Waals surface area contributed by atoms with Crippen LogP contribution in [0.5, 0.6) is 11.5 Å². The minimum Gasteiger partial charge on any atom is -0.453 e. The highest BCUT2D eigenvalue weighted by Crippen LogP contribution is 2.51. The normalized spacial score (nSPS) is 16.7. The lowest BCUT2D eigenvalue weighted by Gasteiger charge is -2.36. The first kappa shape index (κ1) is 105. The number of ether oxygens (including phenoxy) is 1. The van der Waals surface area contributed by atoms with Gasteiger partial charge < -0.3 is 33.5 Å². The van der Waals surface area contributed by atoms with Crippen LogP contribution in [0.25, 0.3) is 54.1 Å². The Bertz CT molecular complexity index is 5590. The third-order valence-electron chi connectivity index (χ3n) is 30.0. The van der Waals surface area contributed by atoms with E-state index in [4.69, 9.17) is 4.74 Å². The molecule has 0 bridgehead atoms. The van der Waals surface area contributed by atoms with Gasteiger partial charge in [0.05, 0.1) is 29.1 Å². The number of para-hydroxylation sites is 9. The highest BCUT2D eigenvalue weighted by molar-refractivity contribution is 7.99. The van der Waals surface area contributed by atoms with Crippen molar-refractivity contribution < 1.29 is 9.53 Å². The number of imidazole rings is 1. The number of aromatic nitrogens is 4. The lowest BCUT2D eigenvalue weighted by atomic mass is 9.80. The van der Waals surface area contributed by atoms with Gasteiger partial charge in [0.25, 0.3) is 0 Å². The molecule has 7 heterocycles. The van der Waals surface area contributed by atoms with Crippen LogP contribution in [0.3, 0.4) is 0 Å². The molecule has 0 spiro atoms. The number of carbonyl (C=O) groups is 1. The predicted molar refractivity (Wildman–Crippen MR) is 587 cm³/mol. The second-order valence-electron chi connectivity index (χ2n) is 38.7. The summed E-state index contributed by atoms with van der Waals surface area (Å²) < 4.78 is 10.5. The van der Waals surface area contributed by atoms with Gasteiger partial charge >= 0.3 is 0 Å². The number of pyridine rings is 1. The molecule has 0 radical (unpaired) electrons. The fraction of sp³-hybridized carbons (Fsp3) is 0.444. The number of rotatable bonds is 20. The van der Waals surface area contributed by atoms with E-state index in [1.165, 1.54) is 194 Å². The van der Waals surface area contributed by atoms with Crippen molar-refractivity contribution in [1.82, 2.24) is 24.0 Å². The van der Waals surface area contributed by atoms with E-state index >= 15 is 0 Å². The van der Waals surface area contributed by atoms with Gasteiger partial charge in [-0.05, 0) is 288 Å². The molecule has 1 saturated heterocycles. The van der Waals surface area contributed by atoms with E-state index in [0.717, 1.165) is 98.0 Å². The van der Waals surface area contributed by atoms with E-state index in [1.54, 1.807) is 0 Å². The Morgan fingerprint density at radius 1 is 0.370 bits per heavy atom. The van der Waals surface area contributed by atoms with Gasteiger partial charge in [0, 0.05) is 118 Å². The summed E-state index contributed by atoms with van der Waals surface area (Å²) in [5, 5.41) is 11.1. The Morgan fingerprint density at radius 2 is 0.859 bits per heavy atom. The molecule has 11 heteroatoms. The Morgan fingerprint density at radius 3 is 1.38 bits per heavy atom. The zero-order valence-electron chi connectivity index (χ0n) is 86.1. The topological polar surface area (TPSA) is 74.9 Å². The minimum absolute atomic E-state index is 0.342. The quantitative estimate of drug-likeness (QED) is 0.0552. The SMILES string of the molecule is CCC(C)C1CC=CCC1.CCC(C)C1CCCCC1.CCC(C)N1CCCC1=O.CCC(C)N1CCc2ccccc21.CCC(C)N1c2ccccc2Oc2ccccc21.CCC(C)N1c2ccccc2Sc2ccccc21.CCC(C)c1ccc2ccc3cccc4ccc1c2c34.CCC(C)c1ccncc1.CCC(C)n1c2ccccc2c2ccccc21.CCC(C)n1ccnc1. The smallest absolute Gasteiger partial charge is 0.222 e. The van der Waals surface area contributed by atoms with Gasteiger partial charge in [-0.15, -0.1) is 0 Å². The van der Waals surface area contributed by atoms with E-state index in [-0.39, 0.29) is 0 Å². The number of anilines is 5. The maximum absolute atomic E-state index is 11.1. The molecular weight excluding hydrogens is 1670 g/mol. The molecule has 20 rings (SSSR count). The van der Waals surface area contributed by atoms with Crippen molar-refractivity contribution in [3.63, 3.8) is 0 Å². The maximum atomic E-state index is 11.1. The number of hydrogen-bond acceptors (Lipinski definition) is 8. The molecule has 11 unspecified atom stereocenters. The molecule has 11 aromatic carbocycles. The van der Waals surface area contributed by atoms with Crippen molar-refractivity contribution in [3.8, 4) is 11.5 Å². The van der Waals surface area contributed by atoms with Crippen LogP contribution < -0.4 is 19.4 Å². The summed E-state index contributed by atoms with van der Waals surface area (Å²) in [7, 11) is 0. The van der Waals surface area contributed by atoms with Gasteiger partial charge in [0.2, 0.25) is 5.91 Å². The van der Waals surface area contributed by atoms with Crippen LogP contribution in [-0.2, 0) is 11.2 Å². The third kappa shape index (κ3) is 27.4. The standard InChI is InChI=1S/C20H18.C16H17NO.C16H17NS.C16H17N.C12H17N.C10H20.C10H18.C9H13N.C8H15NO.C7H12N2/c1-3-13(2)17-11-9-16-8-7-14-5-4-6-15-10-12-18(17)20(16)19(14)15;2*1-3-12(2)17-13-8-4-6-10-15(13)18-16-11-7-5-9-14(16)17;1-3-12(2)17-15-10-6-4-8-13(15)14-9-5-7-11-16(14)17;1-3-10(2)13-9-8-11-6-4-5-7-12(11)13;2*1-3-9(2)10-7-5-4-6-8-10;1-3-8(2)9-4-6-10-7-5-9;1-3-7(2)9-6-4-5-8(9)10;1-3-7(2)9-5-4-8-6-9/h4-13H,3H2,1-2H3;2*4-12H,3H2,1-2H3;4-12H,3H2,1-2H3;4-7,10H,3,8-9H2,1-2H3;9-10H,3-8H2,1-2H3;4-5,9-10H,3,6-8H2,1-2H3;4-8H,3H2,1-2H3;7H,3-6H2,1-2H3;4-7H,3H2,1-2H3. The monoisotopic (exact) mass is 1830 g/mol. The third-order valence-corrected chi connectivity index (χ3v) is 31.1. The van der Waals surface area contributed by atoms with Crippen LogP contribution >= 0.6 is 11.8 Å². The van der Waals surface area contributed by atoms with E-state index in [2.05, 4.69) is 397 Å². The zero-order chi connectivity index (χ0) is 96.3. The Balaban J connectivity index is 0.000000146. The highest BCUT2D eigenvalue weighted by Gasteiger charge is 2.30. The molecule has 2 aliphatic carbocycles. The van der Waals surface area contributed by atoms with Crippen molar-refractivity contribution in [2.24, 2.45) is 23.7 Å². The molecule has 0 N–H and O–H groups in total. The van der Waals surface area contributed by atoms with Crippen LogP contribution in [-0.4, -0.2) is 67.2 Å². The van der Waals surface area contributed by atoms with Gasteiger partial charge in [0.15, 0.2) is 11.5 Å². The molecule has 4 aliphatic heterocycles. The van der Waals surface area contributed by atoms with Crippen LogP contribution in [0, 0.1) is 23.7 Å². The average molecular weight is 1830 g/mol. The van der Waals surface area contributed by atoms with Crippen LogP contribution in [0.1, 0.15) is 308 Å². The van der Waals surface area contributed by atoms with Gasteiger partial charge in [-0.25, -0.2) is 4.98 Å². The number of carbonyl (C=O) groups excluding carboxylic acids is 1. The second kappa shape index (κ2) is 53.8. The highest BCUT2D eigenvalue weighted by atomic mass is 32.2. The zero-order valence-corrected chi connectivity index (χ0v) is 86.9. The first-order chi connectivity index (χ1) is 65.7. The van der Waals surface area contributed by atoms with Crippen LogP contribution in [0.2, 0.25) is 0 Å². The van der Waals surface area contributed by atoms with Crippen molar-refractivity contribution >= 4 is 100 Å². The molecule has 6 aliphatic rings. The van der Waals surface area contributed by atoms with Crippen molar-refractivity contribution in [2.45, 2.75) is 331 Å². The predicted octanol–water partition coefficient (Wildman–Crippen LogP) is 36.4. The van der Waals surface area contributed by atoms with Crippen molar-refractivity contribution in [2.75, 3.05) is 27.8 Å². The summed E-state index contributed by atoms with van der Waals surface area (Å²) in [4.78, 5) is 31.1. The fourth-order valence-corrected chi connectivity index (χ4v) is 20.6. The molecule has 3 aromatic heterocycles. The molecule has 2 fully saturated rings. The molecule has 11 atom stereocenters. The number of benzene rings is 11. The number of allylic oxidation sites excluding steroid dienone is 2. The number of amides is 1. The fourth-order valence-electron chi connectivity index (χ4n) is 19.6. The molecule has 135 heavy (non-hydrogen) atoms. The summed E-state index contributed by atoms with van der Waals surface area (Å²) in [6.45, 7) is 47.3. The largest absolute Gasteiger partial charge is 0.453 e. The van der Waals surface area contributed by atoms with Gasteiger partial charge in [-0.2, -0.15) is 0 Å². The van der Waals surface area contributed by atoms with E-state index in [0.29, 0.717) is 54.0 Å². The van der Waals surface area contributed by atoms with Crippen molar-refractivity contribution in [3.05, 3.63) is 297 Å².